The zero-order valence-electron chi connectivity index (χ0n) is 15.0. The van der Waals surface area contributed by atoms with Crippen LogP contribution < -0.4 is 10.6 Å². The average Bonchev–Trinajstić information content (AvgIpc) is 3.09. The lowest BCUT2D eigenvalue weighted by Gasteiger charge is -2.09. The number of hydrogen-bond acceptors (Lipinski definition) is 4. The number of rotatable bonds is 5. The van der Waals surface area contributed by atoms with Crippen molar-refractivity contribution in [3.8, 4) is 17.3 Å². The summed E-state index contributed by atoms with van der Waals surface area (Å²) in [5, 5.41) is 17.7. The minimum absolute atomic E-state index is 0.110. The van der Waals surface area contributed by atoms with Crippen molar-refractivity contribution in [1.82, 2.24) is 15.1 Å². The zero-order valence-corrected chi connectivity index (χ0v) is 15.8. The highest BCUT2D eigenvalue weighted by Gasteiger charge is 2.19. The summed E-state index contributed by atoms with van der Waals surface area (Å²) in [6, 6.07) is 15.8. The molecule has 9 heteroatoms. The van der Waals surface area contributed by atoms with Gasteiger partial charge in [-0.3, -0.25) is 15.4 Å². The maximum absolute atomic E-state index is 13.9. The van der Waals surface area contributed by atoms with Crippen molar-refractivity contribution in [2.24, 2.45) is 0 Å². The van der Waals surface area contributed by atoms with Gasteiger partial charge in [0.2, 0.25) is 0 Å². The highest BCUT2D eigenvalue weighted by Crippen LogP contribution is 2.22. The van der Waals surface area contributed by atoms with Gasteiger partial charge < -0.3 is 0 Å². The lowest BCUT2D eigenvalue weighted by molar-refractivity contribution is 0.0963. The third kappa shape index (κ3) is 4.78. The molecule has 0 aliphatic carbocycles. The third-order valence-corrected chi connectivity index (χ3v) is 4.26. The summed E-state index contributed by atoms with van der Waals surface area (Å²) in [6.07, 6.45) is 0.177. The molecular weight excluding hydrogens is 397 g/mol. The largest absolute Gasteiger partial charge is 0.327 e. The van der Waals surface area contributed by atoms with Gasteiger partial charge in [0.05, 0.1) is 35.3 Å². The van der Waals surface area contributed by atoms with Crippen LogP contribution in [0.15, 0.2) is 54.6 Å². The summed E-state index contributed by atoms with van der Waals surface area (Å²) in [6.45, 7) is 0.242. The molecule has 3 rings (SSSR count). The fraction of sp³-hybridized carbons (Fsp3) is 0.100. The van der Waals surface area contributed by atoms with Gasteiger partial charge in [0.1, 0.15) is 11.6 Å². The van der Waals surface area contributed by atoms with Gasteiger partial charge in [0.15, 0.2) is 0 Å². The van der Waals surface area contributed by atoms with Crippen LogP contribution in [-0.4, -0.2) is 21.7 Å². The van der Waals surface area contributed by atoms with Gasteiger partial charge in [0.25, 0.3) is 5.91 Å². The minimum atomic E-state index is -0.975. The first-order valence-electron chi connectivity index (χ1n) is 8.56. The van der Waals surface area contributed by atoms with Crippen LogP contribution in [-0.2, 0) is 6.54 Å². The van der Waals surface area contributed by atoms with Gasteiger partial charge >= 0.3 is 6.03 Å². The Morgan fingerprint density at radius 3 is 2.62 bits per heavy atom. The lowest BCUT2D eigenvalue weighted by Crippen LogP contribution is -2.35. The topological polar surface area (TPSA) is 99.8 Å². The summed E-state index contributed by atoms with van der Waals surface area (Å²) in [5.41, 5.74) is 0.982. The van der Waals surface area contributed by atoms with Crippen LogP contribution in [0.2, 0.25) is 5.02 Å². The smallest absolute Gasteiger partial charge is 0.292 e. The molecule has 1 heterocycles. The quantitative estimate of drug-likeness (QED) is 0.656. The first-order chi connectivity index (χ1) is 14.0. The summed E-state index contributed by atoms with van der Waals surface area (Å²) < 4.78 is 15.3. The number of hydrogen-bond donors (Lipinski definition) is 2. The Bertz CT molecular complexity index is 1070. The number of carbonyl (C=O) groups is 2. The number of aryl methyl sites for hydroxylation is 1. The predicted octanol–water partition coefficient (Wildman–Crippen LogP) is 4.22. The Morgan fingerprint density at radius 1 is 1.17 bits per heavy atom. The van der Waals surface area contributed by atoms with Crippen LogP contribution in [0, 0.1) is 17.1 Å². The lowest BCUT2D eigenvalue weighted by atomic mass is 10.2. The molecule has 2 aromatic carbocycles. The summed E-state index contributed by atoms with van der Waals surface area (Å²) in [4.78, 5) is 24.5. The van der Waals surface area contributed by atoms with Gasteiger partial charge in [0, 0.05) is 11.6 Å². The molecule has 146 valence electrons. The van der Waals surface area contributed by atoms with E-state index in [4.69, 9.17) is 16.9 Å². The van der Waals surface area contributed by atoms with Crippen molar-refractivity contribution in [3.63, 3.8) is 0 Å². The van der Waals surface area contributed by atoms with Gasteiger partial charge in [-0.25, -0.2) is 13.9 Å². The average molecular weight is 412 g/mol. The van der Waals surface area contributed by atoms with E-state index in [9.17, 15) is 14.0 Å². The maximum atomic E-state index is 13.9. The van der Waals surface area contributed by atoms with E-state index >= 15 is 0 Å². The predicted molar refractivity (Wildman–Crippen MR) is 106 cm³/mol. The van der Waals surface area contributed by atoms with E-state index in [2.05, 4.69) is 10.4 Å². The second kappa shape index (κ2) is 8.99. The van der Waals surface area contributed by atoms with E-state index in [-0.39, 0.29) is 23.8 Å². The molecule has 0 aliphatic heterocycles. The molecule has 0 saturated heterocycles. The normalized spacial score (nSPS) is 10.2. The first-order valence-corrected chi connectivity index (χ1v) is 8.94. The molecule has 0 spiro atoms. The summed E-state index contributed by atoms with van der Waals surface area (Å²) in [7, 11) is 0. The van der Waals surface area contributed by atoms with E-state index in [1.165, 1.54) is 16.8 Å². The molecule has 29 heavy (non-hydrogen) atoms. The fourth-order valence-electron chi connectivity index (χ4n) is 2.62. The van der Waals surface area contributed by atoms with Crippen LogP contribution >= 0.6 is 11.6 Å². The number of anilines is 1. The molecule has 0 aliphatic rings. The Morgan fingerprint density at radius 2 is 1.93 bits per heavy atom. The highest BCUT2D eigenvalue weighted by molar-refractivity contribution is 6.34. The molecule has 3 aromatic rings. The van der Waals surface area contributed by atoms with Gasteiger partial charge in [-0.05, 0) is 12.1 Å². The summed E-state index contributed by atoms with van der Waals surface area (Å²) >= 11 is 5.84. The van der Waals surface area contributed by atoms with Crippen molar-refractivity contribution in [2.45, 2.75) is 13.0 Å². The first kappa shape index (κ1) is 20.0. The van der Waals surface area contributed by atoms with Crippen molar-refractivity contribution in [3.05, 3.63) is 71.0 Å². The number of carbonyl (C=O) groups excluding carboxylic acids is 2. The molecule has 7 nitrogen and oxygen atoms in total. The van der Waals surface area contributed by atoms with E-state index in [0.717, 1.165) is 11.6 Å². The number of benzene rings is 2. The van der Waals surface area contributed by atoms with Crippen LogP contribution in [0.25, 0.3) is 11.3 Å². The molecule has 0 unspecified atom stereocenters. The van der Waals surface area contributed by atoms with Crippen LogP contribution in [0.5, 0.6) is 0 Å². The van der Waals surface area contributed by atoms with Crippen molar-refractivity contribution < 1.29 is 14.0 Å². The number of halogens is 2. The minimum Gasteiger partial charge on any atom is -0.292 e. The second-order valence-corrected chi connectivity index (χ2v) is 6.32. The molecule has 2 N–H and O–H groups in total. The van der Waals surface area contributed by atoms with Crippen molar-refractivity contribution in [2.75, 3.05) is 5.32 Å². The molecule has 0 saturated carbocycles. The highest BCUT2D eigenvalue weighted by atomic mass is 35.5. The molecule has 0 fully saturated rings. The number of nitrogens with one attached hydrogen (secondary N) is 2. The number of nitrogens with zero attached hydrogens (tertiary/aromatic N) is 3. The van der Waals surface area contributed by atoms with E-state index in [1.54, 1.807) is 6.07 Å². The molecular formula is C20H15ClFN5O2. The second-order valence-electron chi connectivity index (χ2n) is 5.92. The molecule has 1 aromatic heterocycles. The third-order valence-electron chi connectivity index (χ3n) is 3.94. The number of urea groups is 1. The van der Waals surface area contributed by atoms with E-state index < -0.39 is 23.3 Å². The monoisotopic (exact) mass is 411 g/mol. The Balaban J connectivity index is 1.79. The van der Waals surface area contributed by atoms with Crippen LogP contribution in [0.4, 0.5) is 15.0 Å². The number of nitriles is 1. The maximum Gasteiger partial charge on any atom is 0.327 e. The zero-order chi connectivity index (χ0) is 20.8. The molecule has 3 amide bonds. The van der Waals surface area contributed by atoms with Crippen molar-refractivity contribution >= 4 is 29.4 Å². The Hall–Kier alpha value is -3.70. The number of imide groups is 1. The number of aromatic nitrogens is 2. The SMILES string of the molecule is N#CCCn1nc(-c2ccccc2)cc1NC(=O)NC(=O)c1c(F)cccc1Cl. The van der Waals surface area contributed by atoms with Crippen LogP contribution in [0.3, 0.4) is 0 Å². The van der Waals surface area contributed by atoms with Gasteiger partial charge in [-0.2, -0.15) is 10.4 Å². The van der Waals surface area contributed by atoms with Crippen molar-refractivity contribution in [1.29, 1.82) is 5.26 Å². The molecule has 0 radical (unpaired) electrons. The molecule has 0 bridgehead atoms. The fourth-order valence-corrected chi connectivity index (χ4v) is 2.87. The van der Waals surface area contributed by atoms with Gasteiger partial charge in [-0.15, -0.1) is 0 Å². The van der Waals surface area contributed by atoms with E-state index in [1.807, 2.05) is 41.7 Å². The van der Waals surface area contributed by atoms with E-state index in [0.29, 0.717) is 5.69 Å². The molecule has 0 atom stereocenters. The van der Waals surface area contributed by atoms with Gasteiger partial charge in [-0.1, -0.05) is 48.0 Å². The Labute approximate surface area is 170 Å². The standard InChI is InChI=1S/C20H15ClFN5O2/c21-14-8-4-9-15(22)18(14)19(28)25-20(29)24-17-12-16(13-6-2-1-3-7-13)26-27(17)11-5-10-23/h1-4,6-9,12H,5,11H2,(H2,24,25,28,29). The number of amides is 3. The summed E-state index contributed by atoms with van der Waals surface area (Å²) in [5.74, 6) is -1.53. The Kier molecular flexibility index (Phi) is 6.22. The van der Waals surface area contributed by atoms with Crippen LogP contribution in [0.1, 0.15) is 16.8 Å².